The van der Waals surface area contributed by atoms with E-state index in [-0.39, 0.29) is 11.8 Å². The fourth-order valence-electron chi connectivity index (χ4n) is 4.82. The second kappa shape index (κ2) is 10.7. The molecule has 1 atom stereocenters. The Kier molecular flexibility index (Phi) is 7.20. The Morgan fingerprint density at radius 1 is 1.03 bits per heavy atom. The molecule has 0 unspecified atom stereocenters. The SMILES string of the molecule is CC(C)NC[C@@H](C(=O)N1CCN(c2c(-c3ccccc3)cnc3[nH]ncc23)CC1)c1ccc(Cl)cc1. The van der Waals surface area contributed by atoms with Gasteiger partial charge in [0.15, 0.2) is 5.65 Å². The first-order valence-corrected chi connectivity index (χ1v) is 12.8. The lowest BCUT2D eigenvalue weighted by Crippen LogP contribution is -2.51. The van der Waals surface area contributed by atoms with E-state index in [1.807, 2.05) is 59.8 Å². The van der Waals surface area contributed by atoms with Crippen molar-refractivity contribution in [1.82, 2.24) is 25.4 Å². The lowest BCUT2D eigenvalue weighted by molar-refractivity contribution is -0.133. The molecule has 1 aliphatic rings. The van der Waals surface area contributed by atoms with Crippen molar-refractivity contribution < 1.29 is 4.79 Å². The number of carbonyl (C=O) groups is 1. The van der Waals surface area contributed by atoms with Crippen LogP contribution in [0.5, 0.6) is 0 Å². The van der Waals surface area contributed by atoms with Gasteiger partial charge in [-0.1, -0.05) is 67.9 Å². The number of anilines is 1. The molecule has 36 heavy (non-hydrogen) atoms. The number of H-pyrrole nitrogens is 1. The Balaban J connectivity index is 1.38. The fraction of sp³-hybridized carbons (Fsp3) is 0.321. The molecule has 7 nitrogen and oxygen atoms in total. The van der Waals surface area contributed by atoms with Crippen LogP contribution in [0, 0.1) is 0 Å². The van der Waals surface area contributed by atoms with Crippen molar-refractivity contribution in [2.24, 2.45) is 0 Å². The number of halogens is 1. The van der Waals surface area contributed by atoms with E-state index in [0.717, 1.165) is 46.5 Å². The fourth-order valence-corrected chi connectivity index (χ4v) is 4.95. The molecule has 5 rings (SSSR count). The van der Waals surface area contributed by atoms with E-state index in [4.69, 9.17) is 11.6 Å². The van der Waals surface area contributed by atoms with Gasteiger partial charge in [-0.2, -0.15) is 5.10 Å². The summed E-state index contributed by atoms with van der Waals surface area (Å²) >= 11 is 6.11. The zero-order chi connectivity index (χ0) is 25.1. The topological polar surface area (TPSA) is 77.2 Å². The minimum Gasteiger partial charge on any atom is -0.367 e. The monoisotopic (exact) mass is 502 g/mol. The van der Waals surface area contributed by atoms with E-state index in [9.17, 15) is 4.79 Å². The van der Waals surface area contributed by atoms with Crippen LogP contribution in [0.2, 0.25) is 5.02 Å². The van der Waals surface area contributed by atoms with E-state index in [0.29, 0.717) is 30.7 Å². The third kappa shape index (κ3) is 5.08. The second-order valence-corrected chi connectivity index (χ2v) is 9.93. The van der Waals surface area contributed by atoms with Crippen molar-refractivity contribution in [3.05, 3.63) is 77.6 Å². The Morgan fingerprint density at radius 2 is 1.75 bits per heavy atom. The highest BCUT2D eigenvalue weighted by Crippen LogP contribution is 2.36. The van der Waals surface area contributed by atoms with Gasteiger partial charge in [0.25, 0.3) is 0 Å². The molecule has 4 aromatic rings. The first-order chi connectivity index (χ1) is 17.5. The van der Waals surface area contributed by atoms with Crippen molar-refractivity contribution in [3.8, 4) is 11.1 Å². The molecular formula is C28H31ClN6O. The molecule has 8 heteroatoms. The van der Waals surface area contributed by atoms with Crippen LogP contribution in [-0.2, 0) is 4.79 Å². The van der Waals surface area contributed by atoms with Gasteiger partial charge in [0.1, 0.15) is 0 Å². The minimum atomic E-state index is -0.252. The number of aromatic amines is 1. The lowest BCUT2D eigenvalue weighted by Gasteiger charge is -2.38. The summed E-state index contributed by atoms with van der Waals surface area (Å²) in [4.78, 5) is 22.6. The average Bonchev–Trinajstić information content (AvgIpc) is 3.38. The number of nitrogens with one attached hydrogen (secondary N) is 2. The summed E-state index contributed by atoms with van der Waals surface area (Å²) in [5, 5.41) is 12.4. The van der Waals surface area contributed by atoms with E-state index in [1.165, 1.54) is 0 Å². The van der Waals surface area contributed by atoms with Crippen molar-refractivity contribution in [2.75, 3.05) is 37.6 Å². The molecular weight excluding hydrogens is 472 g/mol. The van der Waals surface area contributed by atoms with E-state index in [2.05, 4.69) is 51.4 Å². The van der Waals surface area contributed by atoms with Crippen molar-refractivity contribution in [2.45, 2.75) is 25.8 Å². The summed E-state index contributed by atoms with van der Waals surface area (Å²) in [6.07, 6.45) is 3.76. The van der Waals surface area contributed by atoms with Crippen LogP contribution in [-0.4, -0.2) is 64.8 Å². The highest BCUT2D eigenvalue weighted by atomic mass is 35.5. The second-order valence-electron chi connectivity index (χ2n) is 9.50. The standard InChI is InChI=1S/C28H31ClN6O/c1-19(2)30-17-24(21-8-10-22(29)11-9-21)28(36)35-14-12-34(13-15-35)26-23(20-6-4-3-5-7-20)16-31-27-25(26)18-32-33-27/h3-11,16,18-19,24,30H,12-15,17H2,1-2H3,(H,31,32,33)/t24-/m1/s1. The zero-order valence-corrected chi connectivity index (χ0v) is 21.4. The number of piperazine rings is 1. The predicted octanol–water partition coefficient (Wildman–Crippen LogP) is 4.71. The largest absolute Gasteiger partial charge is 0.367 e. The number of fused-ring (bicyclic) bond motifs is 1. The Bertz CT molecular complexity index is 1310. The van der Waals surface area contributed by atoms with Crippen molar-refractivity contribution in [1.29, 1.82) is 0 Å². The maximum Gasteiger partial charge on any atom is 0.231 e. The van der Waals surface area contributed by atoms with Crippen LogP contribution in [0.1, 0.15) is 25.3 Å². The van der Waals surface area contributed by atoms with Crippen LogP contribution in [0.3, 0.4) is 0 Å². The van der Waals surface area contributed by atoms with Crippen LogP contribution in [0.15, 0.2) is 67.0 Å². The Hall–Kier alpha value is -3.42. The number of rotatable bonds is 7. The molecule has 1 aliphatic heterocycles. The number of pyridine rings is 1. The van der Waals surface area contributed by atoms with Gasteiger partial charge in [0.2, 0.25) is 5.91 Å². The van der Waals surface area contributed by atoms with Gasteiger partial charge in [-0.05, 0) is 23.3 Å². The van der Waals surface area contributed by atoms with E-state index in [1.54, 1.807) is 0 Å². The molecule has 2 aromatic heterocycles. The number of nitrogens with zero attached hydrogens (tertiary/aromatic N) is 4. The van der Waals surface area contributed by atoms with Gasteiger partial charge in [-0.15, -0.1) is 0 Å². The van der Waals surface area contributed by atoms with Gasteiger partial charge in [-0.25, -0.2) is 4.98 Å². The van der Waals surface area contributed by atoms with Crippen LogP contribution in [0.4, 0.5) is 5.69 Å². The first kappa shape index (κ1) is 24.3. The molecule has 0 aliphatic carbocycles. The summed E-state index contributed by atoms with van der Waals surface area (Å²) in [6.45, 7) is 7.56. The molecule has 1 saturated heterocycles. The van der Waals surface area contributed by atoms with Crippen molar-refractivity contribution >= 4 is 34.2 Å². The Morgan fingerprint density at radius 3 is 2.44 bits per heavy atom. The summed E-state index contributed by atoms with van der Waals surface area (Å²) in [6, 6.07) is 18.2. The van der Waals surface area contributed by atoms with Crippen LogP contribution < -0.4 is 10.2 Å². The summed E-state index contributed by atoms with van der Waals surface area (Å²) in [7, 11) is 0. The Labute approximate surface area is 216 Å². The van der Waals surface area contributed by atoms with Gasteiger partial charge in [0, 0.05) is 55.5 Å². The molecule has 1 fully saturated rings. The number of benzene rings is 2. The number of carbonyl (C=O) groups excluding carboxylic acids is 1. The number of aromatic nitrogens is 3. The summed E-state index contributed by atoms with van der Waals surface area (Å²) in [5.41, 5.74) is 5.06. The lowest BCUT2D eigenvalue weighted by atomic mass is 9.96. The van der Waals surface area contributed by atoms with Crippen molar-refractivity contribution in [3.63, 3.8) is 0 Å². The molecule has 3 heterocycles. The molecule has 0 saturated carbocycles. The molecule has 2 aromatic carbocycles. The zero-order valence-electron chi connectivity index (χ0n) is 20.6. The molecule has 0 spiro atoms. The van der Waals surface area contributed by atoms with Gasteiger partial charge in [-0.3, -0.25) is 9.89 Å². The maximum absolute atomic E-state index is 13.7. The average molecular weight is 503 g/mol. The molecule has 2 N–H and O–H groups in total. The van der Waals surface area contributed by atoms with Crippen LogP contribution in [0.25, 0.3) is 22.2 Å². The highest BCUT2D eigenvalue weighted by Gasteiger charge is 2.30. The highest BCUT2D eigenvalue weighted by molar-refractivity contribution is 6.30. The number of amides is 1. The maximum atomic E-state index is 13.7. The van der Waals surface area contributed by atoms with E-state index >= 15 is 0 Å². The molecule has 186 valence electrons. The molecule has 0 bridgehead atoms. The molecule has 0 radical (unpaired) electrons. The van der Waals surface area contributed by atoms with Crippen LogP contribution >= 0.6 is 11.6 Å². The minimum absolute atomic E-state index is 0.150. The quantitative estimate of drug-likeness (QED) is 0.383. The third-order valence-corrected chi connectivity index (χ3v) is 7.00. The first-order valence-electron chi connectivity index (χ1n) is 12.4. The smallest absolute Gasteiger partial charge is 0.231 e. The third-order valence-electron chi connectivity index (χ3n) is 6.75. The van der Waals surface area contributed by atoms with Gasteiger partial charge in [0.05, 0.1) is 23.2 Å². The normalized spacial score (nSPS) is 15.0. The van der Waals surface area contributed by atoms with E-state index < -0.39 is 0 Å². The number of hydrogen-bond acceptors (Lipinski definition) is 5. The summed E-state index contributed by atoms with van der Waals surface area (Å²) < 4.78 is 0. The predicted molar refractivity (Wildman–Crippen MR) is 145 cm³/mol. The van der Waals surface area contributed by atoms with Gasteiger partial charge < -0.3 is 15.1 Å². The number of hydrogen-bond donors (Lipinski definition) is 2. The summed E-state index contributed by atoms with van der Waals surface area (Å²) in [5.74, 6) is -0.103. The van der Waals surface area contributed by atoms with Gasteiger partial charge >= 0.3 is 0 Å². The molecule has 1 amide bonds.